The van der Waals surface area contributed by atoms with Gasteiger partial charge >= 0.3 is 0 Å². The number of methoxy groups -OCH3 is 1. The summed E-state index contributed by atoms with van der Waals surface area (Å²) in [6.07, 6.45) is 5.26. The van der Waals surface area contributed by atoms with Gasteiger partial charge in [-0.2, -0.15) is 0 Å². The highest BCUT2D eigenvalue weighted by molar-refractivity contribution is 5.78. The fraction of sp³-hybridized carbons (Fsp3) is 0.923. The topological polar surface area (TPSA) is 50.9 Å². The largest absolute Gasteiger partial charge is 0.379 e. The van der Waals surface area contributed by atoms with E-state index in [1.54, 1.807) is 7.11 Å². The minimum Gasteiger partial charge on any atom is -0.379 e. The van der Waals surface area contributed by atoms with Crippen molar-refractivity contribution in [3.63, 3.8) is 0 Å². The summed E-state index contributed by atoms with van der Waals surface area (Å²) in [5, 5.41) is 0. The highest BCUT2D eigenvalue weighted by Gasteiger charge is 2.14. The third-order valence-corrected chi connectivity index (χ3v) is 3.41. The molecule has 0 unspecified atom stereocenters. The van der Waals surface area contributed by atoms with Crippen LogP contribution in [0.5, 0.6) is 0 Å². The van der Waals surface area contributed by atoms with E-state index < -0.39 is 0 Å². The van der Waals surface area contributed by atoms with Gasteiger partial charge in [0.25, 0.3) is 0 Å². The molecule has 0 aromatic rings. The SMILES string of the molecule is CO[C@H](CN=C(N)N1CCCCCC1)C(C)C. The Kier molecular flexibility index (Phi) is 6.34. The molecule has 1 atom stereocenters. The van der Waals surface area contributed by atoms with Crippen LogP contribution in [-0.2, 0) is 4.74 Å². The zero-order valence-electron chi connectivity index (χ0n) is 11.5. The van der Waals surface area contributed by atoms with Crippen molar-refractivity contribution >= 4 is 5.96 Å². The zero-order chi connectivity index (χ0) is 12.7. The van der Waals surface area contributed by atoms with E-state index >= 15 is 0 Å². The first-order chi connectivity index (χ1) is 8.15. The van der Waals surface area contributed by atoms with Gasteiger partial charge in [0.05, 0.1) is 12.6 Å². The summed E-state index contributed by atoms with van der Waals surface area (Å²) in [6.45, 7) is 7.05. The standard InChI is InChI=1S/C13H27N3O/c1-11(2)12(17-3)10-15-13(14)16-8-6-4-5-7-9-16/h11-12H,4-10H2,1-3H3,(H2,14,15)/t12-/m1/s1. The smallest absolute Gasteiger partial charge is 0.191 e. The van der Waals surface area contributed by atoms with Crippen molar-refractivity contribution in [2.45, 2.75) is 45.6 Å². The molecule has 1 rings (SSSR count). The fourth-order valence-corrected chi connectivity index (χ4v) is 2.14. The summed E-state index contributed by atoms with van der Waals surface area (Å²) in [7, 11) is 1.74. The van der Waals surface area contributed by atoms with E-state index in [9.17, 15) is 0 Å². The van der Waals surface area contributed by atoms with Gasteiger partial charge in [0.2, 0.25) is 0 Å². The van der Waals surface area contributed by atoms with Gasteiger partial charge < -0.3 is 15.4 Å². The summed E-state index contributed by atoms with van der Waals surface area (Å²) in [6, 6.07) is 0. The van der Waals surface area contributed by atoms with Crippen molar-refractivity contribution in [2.75, 3.05) is 26.7 Å². The minimum absolute atomic E-state index is 0.167. The van der Waals surface area contributed by atoms with Crippen LogP contribution in [0.1, 0.15) is 39.5 Å². The molecule has 1 aliphatic rings. The second-order valence-electron chi connectivity index (χ2n) is 5.12. The molecular weight excluding hydrogens is 214 g/mol. The maximum Gasteiger partial charge on any atom is 0.191 e. The number of ether oxygens (including phenoxy) is 1. The van der Waals surface area contributed by atoms with Crippen LogP contribution in [0.25, 0.3) is 0 Å². The molecule has 0 amide bonds. The molecule has 0 aromatic carbocycles. The molecule has 2 N–H and O–H groups in total. The average Bonchev–Trinajstić information content (AvgIpc) is 2.57. The first kappa shape index (κ1) is 14.3. The number of likely N-dealkylation sites (tertiary alicyclic amines) is 1. The summed E-state index contributed by atoms with van der Waals surface area (Å²) in [5.41, 5.74) is 6.04. The Morgan fingerprint density at radius 3 is 2.29 bits per heavy atom. The second kappa shape index (κ2) is 7.54. The predicted molar refractivity (Wildman–Crippen MR) is 72.2 cm³/mol. The lowest BCUT2D eigenvalue weighted by atomic mass is 10.1. The summed E-state index contributed by atoms with van der Waals surface area (Å²) < 4.78 is 5.39. The average molecular weight is 241 g/mol. The number of rotatable bonds is 4. The highest BCUT2D eigenvalue weighted by Crippen LogP contribution is 2.10. The van der Waals surface area contributed by atoms with Gasteiger partial charge in [-0.1, -0.05) is 26.7 Å². The van der Waals surface area contributed by atoms with Gasteiger partial charge in [0.15, 0.2) is 5.96 Å². The quantitative estimate of drug-likeness (QED) is 0.603. The van der Waals surface area contributed by atoms with Gasteiger partial charge in [-0.15, -0.1) is 0 Å². The monoisotopic (exact) mass is 241 g/mol. The summed E-state index contributed by atoms with van der Waals surface area (Å²) in [5.74, 6) is 1.16. The van der Waals surface area contributed by atoms with Crippen LogP contribution in [0.4, 0.5) is 0 Å². The Morgan fingerprint density at radius 2 is 1.82 bits per heavy atom. The first-order valence-electron chi connectivity index (χ1n) is 6.72. The third kappa shape index (κ3) is 4.94. The van der Waals surface area contributed by atoms with Gasteiger partial charge in [-0.25, -0.2) is 0 Å². The van der Waals surface area contributed by atoms with Crippen LogP contribution < -0.4 is 5.73 Å². The number of aliphatic imine (C=N–C) groups is 1. The molecule has 1 heterocycles. The molecular formula is C13H27N3O. The van der Waals surface area contributed by atoms with E-state index in [1.165, 1.54) is 25.7 Å². The summed E-state index contributed by atoms with van der Waals surface area (Å²) in [4.78, 5) is 6.69. The summed E-state index contributed by atoms with van der Waals surface area (Å²) >= 11 is 0. The van der Waals surface area contributed by atoms with Gasteiger partial charge in [0, 0.05) is 20.2 Å². The Bertz CT molecular complexity index is 233. The van der Waals surface area contributed by atoms with Crippen molar-refractivity contribution < 1.29 is 4.74 Å². The van der Waals surface area contributed by atoms with Crippen LogP contribution in [0.2, 0.25) is 0 Å². The number of nitrogens with two attached hydrogens (primary N) is 1. The number of guanidine groups is 1. The number of hydrogen-bond acceptors (Lipinski definition) is 2. The van der Waals surface area contributed by atoms with E-state index in [2.05, 4.69) is 23.7 Å². The second-order valence-corrected chi connectivity index (χ2v) is 5.12. The van der Waals surface area contributed by atoms with Crippen molar-refractivity contribution in [3.05, 3.63) is 0 Å². The van der Waals surface area contributed by atoms with Crippen LogP contribution in [0, 0.1) is 5.92 Å². The van der Waals surface area contributed by atoms with E-state index in [4.69, 9.17) is 10.5 Å². The fourth-order valence-electron chi connectivity index (χ4n) is 2.14. The molecule has 0 bridgehead atoms. The Labute approximate surface area is 105 Å². The van der Waals surface area contributed by atoms with E-state index in [-0.39, 0.29) is 6.10 Å². The number of nitrogens with zero attached hydrogens (tertiary/aromatic N) is 2. The molecule has 0 aliphatic carbocycles. The van der Waals surface area contributed by atoms with E-state index in [0.29, 0.717) is 18.4 Å². The zero-order valence-corrected chi connectivity index (χ0v) is 11.5. The molecule has 1 saturated heterocycles. The van der Waals surface area contributed by atoms with Crippen LogP contribution in [0.3, 0.4) is 0 Å². The lowest BCUT2D eigenvalue weighted by Crippen LogP contribution is -2.39. The molecule has 17 heavy (non-hydrogen) atoms. The van der Waals surface area contributed by atoms with Gasteiger partial charge in [0.1, 0.15) is 0 Å². The van der Waals surface area contributed by atoms with Crippen molar-refractivity contribution in [2.24, 2.45) is 16.6 Å². The minimum atomic E-state index is 0.167. The molecule has 0 saturated carbocycles. The lowest BCUT2D eigenvalue weighted by Gasteiger charge is -2.22. The maximum atomic E-state index is 6.04. The molecule has 1 aliphatic heterocycles. The maximum absolute atomic E-state index is 6.04. The van der Waals surface area contributed by atoms with Crippen LogP contribution in [0.15, 0.2) is 4.99 Å². The van der Waals surface area contributed by atoms with Crippen molar-refractivity contribution in [1.29, 1.82) is 0 Å². The predicted octanol–water partition coefficient (Wildman–Crippen LogP) is 1.85. The van der Waals surface area contributed by atoms with Crippen molar-refractivity contribution in [1.82, 2.24) is 4.90 Å². The molecule has 4 heteroatoms. The Morgan fingerprint density at radius 1 is 1.24 bits per heavy atom. The molecule has 4 nitrogen and oxygen atoms in total. The van der Waals surface area contributed by atoms with Crippen LogP contribution >= 0.6 is 0 Å². The molecule has 100 valence electrons. The lowest BCUT2D eigenvalue weighted by molar-refractivity contribution is 0.0722. The highest BCUT2D eigenvalue weighted by atomic mass is 16.5. The van der Waals surface area contributed by atoms with Gasteiger partial charge in [-0.05, 0) is 18.8 Å². The Balaban J connectivity index is 2.46. The van der Waals surface area contributed by atoms with Crippen molar-refractivity contribution in [3.8, 4) is 0 Å². The molecule has 0 aromatic heterocycles. The van der Waals surface area contributed by atoms with E-state index in [0.717, 1.165) is 13.1 Å². The first-order valence-corrected chi connectivity index (χ1v) is 6.72. The van der Waals surface area contributed by atoms with Crippen LogP contribution in [-0.4, -0.2) is 43.7 Å². The molecule has 0 spiro atoms. The third-order valence-electron chi connectivity index (χ3n) is 3.41. The Hall–Kier alpha value is -0.770. The normalized spacial score (nSPS) is 20.5. The van der Waals surface area contributed by atoms with Gasteiger partial charge in [-0.3, -0.25) is 4.99 Å². The molecule has 1 fully saturated rings. The number of hydrogen-bond donors (Lipinski definition) is 1. The van der Waals surface area contributed by atoms with E-state index in [1.807, 2.05) is 0 Å². The molecule has 0 radical (unpaired) electrons.